The maximum absolute atomic E-state index is 6.11. The average molecular weight is 550 g/mol. The van der Waals surface area contributed by atoms with Crippen LogP contribution in [0, 0.1) is 5.92 Å². The molecular weight excluding hydrogens is 470 g/mol. The van der Waals surface area contributed by atoms with Gasteiger partial charge in [0.15, 0.2) is 0 Å². The summed E-state index contributed by atoms with van der Waals surface area (Å²) >= 11 is 0. The van der Waals surface area contributed by atoms with Crippen LogP contribution in [0.3, 0.4) is 0 Å². The Balaban J connectivity index is 3.25. The predicted octanol–water partition coefficient (Wildman–Crippen LogP) is 13.9. The first-order valence-corrected chi connectivity index (χ1v) is 19.0. The standard InChI is InChI=1S/C38H79N/c1-3-5-7-9-11-13-15-17-19-21-23-25-27-29-31-33-35-38(37-39)36-34-32-30-28-26-24-22-20-18-16-14-12-10-8-6-4-2/h38H,3-37,39H2,1-2H3. The quantitative estimate of drug-likeness (QED) is 0.0781. The molecule has 236 valence electrons. The van der Waals surface area contributed by atoms with Gasteiger partial charge in [0.05, 0.1) is 0 Å². The lowest BCUT2D eigenvalue weighted by atomic mass is 9.94. The minimum atomic E-state index is 0.795. The van der Waals surface area contributed by atoms with Gasteiger partial charge >= 0.3 is 0 Å². The molecule has 0 atom stereocenters. The summed E-state index contributed by atoms with van der Waals surface area (Å²) in [6, 6.07) is 0. The lowest BCUT2D eigenvalue weighted by Gasteiger charge is -2.14. The third-order valence-corrected chi connectivity index (χ3v) is 9.27. The number of hydrogen-bond donors (Lipinski definition) is 1. The molecule has 0 amide bonds. The summed E-state index contributed by atoms with van der Waals surface area (Å²) in [5.74, 6) is 0.795. The lowest BCUT2D eigenvalue weighted by Crippen LogP contribution is -2.14. The summed E-state index contributed by atoms with van der Waals surface area (Å²) in [6.07, 6.45) is 49.4. The van der Waals surface area contributed by atoms with Crippen molar-refractivity contribution in [1.29, 1.82) is 0 Å². The molecule has 0 bridgehead atoms. The first-order chi connectivity index (χ1) is 19.3. The fourth-order valence-electron chi connectivity index (χ4n) is 6.34. The molecule has 0 rings (SSSR count). The Labute approximate surface area is 250 Å². The number of nitrogens with two attached hydrogens (primary N) is 1. The number of unbranched alkanes of at least 4 members (excludes halogenated alkanes) is 30. The highest BCUT2D eigenvalue weighted by Gasteiger charge is 2.06. The smallest absolute Gasteiger partial charge is 0.00489 e. The summed E-state index contributed by atoms with van der Waals surface area (Å²) in [4.78, 5) is 0. The SMILES string of the molecule is CCCCCCCCCCCCCCCCCCC(CN)CCCCCCCCCCCCCCCCCC. The van der Waals surface area contributed by atoms with Crippen molar-refractivity contribution in [3.8, 4) is 0 Å². The second kappa shape index (κ2) is 36.0. The molecule has 0 radical (unpaired) electrons. The fourth-order valence-corrected chi connectivity index (χ4v) is 6.34. The first kappa shape index (κ1) is 39.0. The Bertz CT molecular complexity index is 370. The van der Waals surface area contributed by atoms with Gasteiger partial charge in [-0.2, -0.15) is 0 Å². The highest BCUT2D eigenvalue weighted by atomic mass is 14.5. The molecule has 0 aliphatic rings. The lowest BCUT2D eigenvalue weighted by molar-refractivity contribution is 0.409. The summed E-state index contributed by atoms with van der Waals surface area (Å²) in [7, 11) is 0. The maximum atomic E-state index is 6.11. The Morgan fingerprint density at radius 3 is 0.641 bits per heavy atom. The average Bonchev–Trinajstić information content (AvgIpc) is 2.95. The van der Waals surface area contributed by atoms with Crippen molar-refractivity contribution in [2.24, 2.45) is 11.7 Å². The van der Waals surface area contributed by atoms with Crippen molar-refractivity contribution in [2.75, 3.05) is 6.54 Å². The molecule has 39 heavy (non-hydrogen) atoms. The molecule has 0 aromatic heterocycles. The molecule has 0 spiro atoms. The second-order valence-electron chi connectivity index (χ2n) is 13.3. The van der Waals surface area contributed by atoms with Crippen molar-refractivity contribution in [3.63, 3.8) is 0 Å². The summed E-state index contributed by atoms with van der Waals surface area (Å²) in [5, 5.41) is 0. The molecule has 0 heterocycles. The highest BCUT2D eigenvalue weighted by molar-refractivity contribution is 4.61. The van der Waals surface area contributed by atoms with E-state index in [2.05, 4.69) is 13.8 Å². The summed E-state index contributed by atoms with van der Waals surface area (Å²) in [6.45, 7) is 5.53. The topological polar surface area (TPSA) is 26.0 Å². The van der Waals surface area contributed by atoms with Crippen LogP contribution < -0.4 is 5.73 Å². The normalized spacial score (nSPS) is 11.7. The van der Waals surface area contributed by atoms with E-state index in [1.807, 2.05) is 0 Å². The van der Waals surface area contributed by atoms with Gasteiger partial charge in [0.25, 0.3) is 0 Å². The molecule has 0 aromatic carbocycles. The minimum absolute atomic E-state index is 0.795. The van der Waals surface area contributed by atoms with Gasteiger partial charge in [-0.25, -0.2) is 0 Å². The van der Waals surface area contributed by atoms with Crippen LogP contribution in [0.25, 0.3) is 0 Å². The van der Waals surface area contributed by atoms with E-state index in [0.29, 0.717) is 0 Å². The van der Waals surface area contributed by atoms with Gasteiger partial charge in [-0.05, 0) is 25.3 Å². The Kier molecular flexibility index (Phi) is 35.9. The van der Waals surface area contributed by atoms with Gasteiger partial charge in [0.2, 0.25) is 0 Å². The van der Waals surface area contributed by atoms with Crippen LogP contribution >= 0.6 is 0 Å². The fraction of sp³-hybridized carbons (Fsp3) is 1.00. The number of hydrogen-bond acceptors (Lipinski definition) is 1. The zero-order valence-electron chi connectivity index (χ0n) is 27.9. The van der Waals surface area contributed by atoms with Crippen LogP contribution in [0.4, 0.5) is 0 Å². The molecule has 0 aliphatic heterocycles. The van der Waals surface area contributed by atoms with E-state index in [0.717, 1.165) is 12.5 Å². The molecular formula is C38H79N. The van der Waals surface area contributed by atoms with Crippen LogP contribution in [0.1, 0.15) is 232 Å². The molecule has 1 nitrogen and oxygen atoms in total. The van der Waals surface area contributed by atoms with Crippen LogP contribution in [0.15, 0.2) is 0 Å². The first-order valence-electron chi connectivity index (χ1n) is 19.0. The Morgan fingerprint density at radius 2 is 0.462 bits per heavy atom. The largest absolute Gasteiger partial charge is 0.330 e. The molecule has 0 saturated heterocycles. The molecule has 2 N–H and O–H groups in total. The van der Waals surface area contributed by atoms with Crippen molar-refractivity contribution in [2.45, 2.75) is 232 Å². The highest BCUT2D eigenvalue weighted by Crippen LogP contribution is 2.20. The molecule has 0 aromatic rings. The van der Waals surface area contributed by atoms with Crippen molar-refractivity contribution < 1.29 is 0 Å². The van der Waals surface area contributed by atoms with E-state index < -0.39 is 0 Å². The monoisotopic (exact) mass is 550 g/mol. The molecule has 0 aliphatic carbocycles. The summed E-state index contributed by atoms with van der Waals surface area (Å²) < 4.78 is 0. The van der Waals surface area contributed by atoms with Gasteiger partial charge < -0.3 is 5.73 Å². The zero-order chi connectivity index (χ0) is 28.3. The van der Waals surface area contributed by atoms with Gasteiger partial charge in [-0.15, -0.1) is 0 Å². The van der Waals surface area contributed by atoms with Crippen molar-refractivity contribution in [1.82, 2.24) is 0 Å². The Morgan fingerprint density at radius 1 is 0.282 bits per heavy atom. The van der Waals surface area contributed by atoms with Crippen LogP contribution in [0.5, 0.6) is 0 Å². The zero-order valence-corrected chi connectivity index (χ0v) is 27.9. The van der Waals surface area contributed by atoms with Gasteiger partial charge in [0, 0.05) is 0 Å². The summed E-state index contributed by atoms with van der Waals surface area (Å²) in [5.41, 5.74) is 6.11. The third-order valence-electron chi connectivity index (χ3n) is 9.27. The van der Waals surface area contributed by atoms with E-state index in [9.17, 15) is 0 Å². The van der Waals surface area contributed by atoms with E-state index in [-0.39, 0.29) is 0 Å². The third kappa shape index (κ3) is 34.1. The molecule has 0 saturated carbocycles. The van der Waals surface area contributed by atoms with Gasteiger partial charge in [-0.3, -0.25) is 0 Å². The number of rotatable bonds is 35. The van der Waals surface area contributed by atoms with Crippen LogP contribution in [0.2, 0.25) is 0 Å². The van der Waals surface area contributed by atoms with Crippen LogP contribution in [-0.2, 0) is 0 Å². The van der Waals surface area contributed by atoms with E-state index >= 15 is 0 Å². The van der Waals surface area contributed by atoms with E-state index in [4.69, 9.17) is 5.73 Å². The second-order valence-corrected chi connectivity index (χ2v) is 13.3. The van der Waals surface area contributed by atoms with Gasteiger partial charge in [0.1, 0.15) is 0 Å². The molecule has 0 unspecified atom stereocenters. The maximum Gasteiger partial charge on any atom is -0.00489 e. The van der Waals surface area contributed by atoms with Crippen molar-refractivity contribution >= 4 is 0 Å². The van der Waals surface area contributed by atoms with E-state index in [1.165, 1.54) is 218 Å². The minimum Gasteiger partial charge on any atom is -0.330 e. The molecule has 1 heteroatoms. The predicted molar refractivity (Wildman–Crippen MR) is 181 cm³/mol. The van der Waals surface area contributed by atoms with Crippen LogP contribution in [-0.4, -0.2) is 6.54 Å². The van der Waals surface area contributed by atoms with Gasteiger partial charge in [-0.1, -0.05) is 219 Å². The molecule has 0 fully saturated rings. The van der Waals surface area contributed by atoms with Crippen molar-refractivity contribution in [3.05, 3.63) is 0 Å². The Hall–Kier alpha value is -0.0400. The van der Waals surface area contributed by atoms with E-state index in [1.54, 1.807) is 0 Å².